The van der Waals surface area contributed by atoms with Crippen LogP contribution in [0.5, 0.6) is 0 Å². The van der Waals surface area contributed by atoms with Gasteiger partial charge in [0.25, 0.3) is 0 Å². The van der Waals surface area contributed by atoms with Gasteiger partial charge in [-0.3, -0.25) is 4.57 Å². The molecule has 3 aromatic heterocycles. The molecule has 0 unspecified atom stereocenters. The second-order valence-electron chi connectivity index (χ2n) is 12.0. The molecular weight excluding hydrogens is 595 g/mol. The predicted molar refractivity (Wildman–Crippen MR) is 205 cm³/mol. The summed E-state index contributed by atoms with van der Waals surface area (Å²) in [5.74, 6) is 0.938. The molecule has 9 rings (SSSR count). The standard InChI is InChI=1S/C39H19B5N4O/c40-32-31(33(41)35(43)36(44)34(32)42)38-45-37(46-39(47-38)48-26-14-6-4-11-23(26)24-12-5-7-15-27(24)48)21-17-18-25-29(19-21)49-28-16-8-13-22(30(25)28)20-9-2-1-3-10-20/h1-19H. The molecule has 0 amide bonds. The summed E-state index contributed by atoms with van der Waals surface area (Å²) in [7, 11) is 31.8. The molecule has 0 spiro atoms. The Balaban J connectivity index is 1.32. The Labute approximate surface area is 288 Å². The van der Waals surface area contributed by atoms with Crippen molar-refractivity contribution in [2.75, 3.05) is 0 Å². The average Bonchev–Trinajstić information content (AvgIpc) is 3.69. The molecule has 9 aromatic rings. The lowest BCUT2D eigenvalue weighted by Crippen LogP contribution is -2.55. The topological polar surface area (TPSA) is 56.7 Å². The van der Waals surface area contributed by atoms with Crippen LogP contribution < -0.4 is 27.3 Å². The number of benzene rings is 6. The second kappa shape index (κ2) is 11.2. The Hall–Kier alpha value is -5.75. The summed E-state index contributed by atoms with van der Waals surface area (Å²) >= 11 is 0. The Morgan fingerprint density at radius 1 is 0.469 bits per heavy atom. The first kappa shape index (κ1) is 29.4. The summed E-state index contributed by atoms with van der Waals surface area (Å²) < 4.78 is 8.43. The quantitative estimate of drug-likeness (QED) is 0.283. The monoisotopic (exact) mass is 614 g/mol. The molecule has 10 heteroatoms. The summed E-state index contributed by atoms with van der Waals surface area (Å²) in [5, 5.41) is 4.12. The second-order valence-corrected chi connectivity index (χ2v) is 12.0. The molecule has 0 bridgehead atoms. The van der Waals surface area contributed by atoms with E-state index in [4.69, 9.17) is 58.6 Å². The van der Waals surface area contributed by atoms with Crippen LogP contribution in [-0.2, 0) is 0 Å². The van der Waals surface area contributed by atoms with Gasteiger partial charge >= 0.3 is 0 Å². The number of furan rings is 1. The van der Waals surface area contributed by atoms with Gasteiger partial charge in [0.1, 0.15) is 50.4 Å². The van der Waals surface area contributed by atoms with Crippen LogP contribution in [0.25, 0.3) is 83.6 Å². The highest BCUT2D eigenvalue weighted by Crippen LogP contribution is 2.38. The van der Waals surface area contributed by atoms with Gasteiger partial charge in [0.2, 0.25) is 5.95 Å². The summed E-state index contributed by atoms with van der Waals surface area (Å²) in [6.45, 7) is 0. The molecule has 0 atom stereocenters. The smallest absolute Gasteiger partial charge is 0.238 e. The van der Waals surface area contributed by atoms with Crippen LogP contribution in [0, 0.1) is 0 Å². The van der Waals surface area contributed by atoms with E-state index in [0.29, 0.717) is 22.9 Å². The fraction of sp³-hybridized carbons (Fsp3) is 0. The van der Waals surface area contributed by atoms with Crippen LogP contribution in [0.4, 0.5) is 0 Å². The van der Waals surface area contributed by atoms with E-state index in [9.17, 15) is 0 Å². The van der Waals surface area contributed by atoms with Crippen molar-refractivity contribution in [3.05, 3.63) is 115 Å². The van der Waals surface area contributed by atoms with E-state index in [1.165, 1.54) is 0 Å². The first-order valence-corrected chi connectivity index (χ1v) is 15.7. The van der Waals surface area contributed by atoms with Gasteiger partial charge in [-0.25, -0.2) is 4.98 Å². The van der Waals surface area contributed by atoms with Crippen molar-refractivity contribution < 1.29 is 4.42 Å². The molecule has 0 aliphatic heterocycles. The zero-order chi connectivity index (χ0) is 33.4. The van der Waals surface area contributed by atoms with E-state index in [1.54, 1.807) is 0 Å². The Morgan fingerprint density at radius 3 is 1.78 bits per heavy atom. The summed E-state index contributed by atoms with van der Waals surface area (Å²) in [4.78, 5) is 14.9. The van der Waals surface area contributed by atoms with E-state index in [1.807, 2.05) is 89.5 Å². The summed E-state index contributed by atoms with van der Waals surface area (Å²) in [5.41, 5.74) is 7.10. The number of rotatable bonds is 4. The van der Waals surface area contributed by atoms with Gasteiger partial charge in [-0.1, -0.05) is 95.9 Å². The number of aromatic nitrogens is 4. The van der Waals surface area contributed by atoms with E-state index in [-0.39, 0.29) is 38.7 Å². The molecule has 0 saturated heterocycles. The van der Waals surface area contributed by atoms with Crippen molar-refractivity contribution in [1.82, 2.24) is 19.5 Å². The maximum atomic E-state index is 6.54. The highest BCUT2D eigenvalue weighted by Gasteiger charge is 2.21. The Morgan fingerprint density at radius 2 is 1.08 bits per heavy atom. The molecule has 0 fully saturated rings. The number of hydrogen-bond acceptors (Lipinski definition) is 4. The molecule has 3 heterocycles. The molecule has 0 aliphatic rings. The molecule has 0 saturated carbocycles. The number of hydrogen-bond donors (Lipinski definition) is 0. The lowest BCUT2D eigenvalue weighted by atomic mass is 9.60. The van der Waals surface area contributed by atoms with Crippen LogP contribution in [0.1, 0.15) is 0 Å². The largest absolute Gasteiger partial charge is 0.456 e. The third-order valence-corrected chi connectivity index (χ3v) is 9.17. The fourth-order valence-electron chi connectivity index (χ4n) is 6.76. The maximum Gasteiger partial charge on any atom is 0.238 e. The molecule has 6 aromatic carbocycles. The highest BCUT2D eigenvalue weighted by atomic mass is 16.3. The Bertz CT molecular complexity index is 2710. The normalized spacial score (nSPS) is 11.7. The minimum Gasteiger partial charge on any atom is -0.456 e. The third-order valence-electron chi connectivity index (χ3n) is 9.17. The maximum absolute atomic E-state index is 6.54. The van der Waals surface area contributed by atoms with Crippen molar-refractivity contribution in [2.24, 2.45) is 0 Å². The van der Waals surface area contributed by atoms with Crippen LogP contribution >= 0.6 is 0 Å². The first-order chi connectivity index (χ1) is 23.9. The van der Waals surface area contributed by atoms with Crippen LogP contribution in [0.3, 0.4) is 0 Å². The van der Waals surface area contributed by atoms with Gasteiger partial charge in [0.15, 0.2) is 11.6 Å². The van der Waals surface area contributed by atoms with E-state index in [2.05, 4.69) is 30.3 Å². The SMILES string of the molecule is [B]c1c([B])c([B])c(-c2nc(-c3ccc4c(c3)oc3cccc(-c5ccccc5)c34)nc(-n3c4ccccc4c4ccccc43)n2)c([B])c1[B]. The minimum atomic E-state index is 0.111. The zero-order valence-corrected chi connectivity index (χ0v) is 26.1. The van der Waals surface area contributed by atoms with Crippen molar-refractivity contribution >= 4 is 110 Å². The van der Waals surface area contributed by atoms with E-state index >= 15 is 0 Å². The van der Waals surface area contributed by atoms with E-state index in [0.717, 1.165) is 49.3 Å². The molecule has 49 heavy (non-hydrogen) atoms. The first-order valence-electron chi connectivity index (χ1n) is 15.7. The molecule has 216 valence electrons. The molecular formula is C39H19B5N4O. The minimum absolute atomic E-state index is 0.111. The van der Waals surface area contributed by atoms with Crippen molar-refractivity contribution in [3.8, 4) is 39.9 Å². The Kier molecular flexibility index (Phi) is 6.70. The molecule has 0 N–H and O–H groups in total. The van der Waals surface area contributed by atoms with Gasteiger partial charge in [-0.15, -0.1) is 16.4 Å². The summed E-state index contributed by atoms with van der Waals surface area (Å²) in [6, 6.07) is 38.5. The fourth-order valence-corrected chi connectivity index (χ4v) is 6.76. The molecule has 0 aliphatic carbocycles. The van der Waals surface area contributed by atoms with Crippen LogP contribution in [-0.4, -0.2) is 58.8 Å². The number of fused-ring (bicyclic) bond motifs is 6. The lowest BCUT2D eigenvalue weighted by molar-refractivity contribution is 0.669. The molecule has 10 radical (unpaired) electrons. The van der Waals surface area contributed by atoms with Gasteiger partial charge < -0.3 is 4.42 Å². The van der Waals surface area contributed by atoms with Gasteiger partial charge in [0.05, 0.1) is 11.0 Å². The summed E-state index contributed by atoms with van der Waals surface area (Å²) in [6.07, 6.45) is 0. The van der Waals surface area contributed by atoms with Crippen LogP contribution in [0.15, 0.2) is 120 Å². The molecule has 5 nitrogen and oxygen atoms in total. The average molecular weight is 614 g/mol. The van der Waals surface area contributed by atoms with Crippen LogP contribution in [0.2, 0.25) is 0 Å². The third kappa shape index (κ3) is 4.51. The lowest BCUT2D eigenvalue weighted by Gasteiger charge is -2.20. The van der Waals surface area contributed by atoms with Crippen molar-refractivity contribution in [1.29, 1.82) is 0 Å². The zero-order valence-electron chi connectivity index (χ0n) is 26.1. The number of nitrogens with zero attached hydrogens (tertiary/aromatic N) is 4. The number of para-hydroxylation sites is 2. The van der Waals surface area contributed by atoms with Gasteiger partial charge in [0, 0.05) is 32.7 Å². The predicted octanol–water partition coefficient (Wildman–Crippen LogP) is 3.84. The van der Waals surface area contributed by atoms with Gasteiger partial charge in [-0.2, -0.15) is 9.97 Å². The van der Waals surface area contributed by atoms with E-state index < -0.39 is 0 Å². The highest BCUT2D eigenvalue weighted by molar-refractivity contribution is 6.68. The van der Waals surface area contributed by atoms with Crippen molar-refractivity contribution in [3.63, 3.8) is 0 Å². The van der Waals surface area contributed by atoms with Crippen molar-refractivity contribution in [2.45, 2.75) is 0 Å². The van der Waals surface area contributed by atoms with Gasteiger partial charge in [-0.05, 0) is 41.5 Å².